The highest BCUT2D eigenvalue weighted by molar-refractivity contribution is 5.29. The molecule has 0 heterocycles. The maximum absolute atomic E-state index is 12.7. The molecule has 84 valence electrons. The number of alkyl halides is 1. The van der Waals surface area contributed by atoms with Gasteiger partial charge in [0, 0.05) is 6.92 Å². The molecule has 1 aliphatic rings. The number of hydrogen-bond donors (Lipinski definition) is 0. The van der Waals surface area contributed by atoms with Gasteiger partial charge in [0.2, 0.25) is 6.36 Å². The van der Waals surface area contributed by atoms with Crippen molar-refractivity contribution < 1.29 is 9.13 Å². The Bertz CT molecular complexity index is 285. The lowest BCUT2D eigenvalue weighted by molar-refractivity contribution is 0.0282. The molecule has 1 atom stereocenters. The van der Waals surface area contributed by atoms with Gasteiger partial charge in [-0.15, -0.1) is 0 Å². The molecular weight excluding hydrogens is 191 g/mol. The number of halogens is 1. The Labute approximate surface area is 91.3 Å². The smallest absolute Gasteiger partial charge is 0.235 e. The first kappa shape index (κ1) is 12.0. The maximum Gasteiger partial charge on any atom is 0.235 e. The summed E-state index contributed by atoms with van der Waals surface area (Å²) in [5.74, 6) is 1.06. The topological polar surface area (TPSA) is 9.23 Å². The molecule has 1 nitrogen and oxygen atoms in total. The van der Waals surface area contributed by atoms with Crippen LogP contribution < -0.4 is 0 Å². The van der Waals surface area contributed by atoms with Crippen LogP contribution in [0.15, 0.2) is 35.6 Å². The van der Waals surface area contributed by atoms with E-state index in [1.807, 2.05) is 18.2 Å². The number of rotatable bonds is 3. The molecule has 0 amide bonds. The van der Waals surface area contributed by atoms with Crippen LogP contribution in [0.2, 0.25) is 0 Å². The molecule has 0 aromatic rings. The van der Waals surface area contributed by atoms with Gasteiger partial charge in [-0.1, -0.05) is 26.0 Å². The summed E-state index contributed by atoms with van der Waals surface area (Å²) in [4.78, 5) is 0. The first-order chi connectivity index (χ1) is 7.09. The number of hydrogen-bond acceptors (Lipinski definition) is 1. The van der Waals surface area contributed by atoms with Crippen molar-refractivity contribution >= 4 is 0 Å². The Morgan fingerprint density at radius 1 is 1.27 bits per heavy atom. The van der Waals surface area contributed by atoms with Crippen LogP contribution in [0.4, 0.5) is 4.39 Å². The van der Waals surface area contributed by atoms with Crippen molar-refractivity contribution in [2.45, 2.75) is 40.0 Å². The van der Waals surface area contributed by atoms with E-state index < -0.39 is 6.36 Å². The molecule has 0 saturated carbocycles. The second kappa shape index (κ2) is 5.74. The third kappa shape index (κ3) is 4.32. The summed E-state index contributed by atoms with van der Waals surface area (Å²) in [5.41, 5.74) is 1.22. The minimum absolute atomic E-state index is 0.449. The summed E-state index contributed by atoms with van der Waals surface area (Å²) in [5, 5.41) is 0. The highest BCUT2D eigenvalue weighted by Crippen LogP contribution is 2.19. The zero-order chi connectivity index (χ0) is 11.3. The van der Waals surface area contributed by atoms with Crippen LogP contribution in [0.3, 0.4) is 0 Å². The van der Waals surface area contributed by atoms with E-state index in [-0.39, 0.29) is 0 Å². The van der Waals surface area contributed by atoms with E-state index in [1.165, 1.54) is 12.5 Å². The molecule has 0 spiro atoms. The fraction of sp³-hybridized carbons (Fsp3) is 0.538. The molecule has 0 radical (unpaired) electrons. The first-order valence-electron chi connectivity index (χ1n) is 5.48. The van der Waals surface area contributed by atoms with Gasteiger partial charge in [0.1, 0.15) is 5.76 Å². The van der Waals surface area contributed by atoms with Gasteiger partial charge in [0.05, 0.1) is 0 Å². The van der Waals surface area contributed by atoms with E-state index in [2.05, 4.69) is 19.9 Å². The molecule has 0 aromatic carbocycles. The molecule has 0 fully saturated rings. The molecule has 0 N–H and O–H groups in total. The Kier molecular flexibility index (Phi) is 4.60. The molecular formula is C13H19FO. The molecule has 1 rings (SSSR count). The lowest BCUT2D eigenvalue weighted by atomic mass is 9.99. The number of allylic oxidation sites excluding steroid dienone is 5. The van der Waals surface area contributed by atoms with Gasteiger partial charge in [0.25, 0.3) is 0 Å². The third-order valence-corrected chi connectivity index (χ3v) is 2.27. The molecule has 0 aliphatic heterocycles. The van der Waals surface area contributed by atoms with Crippen molar-refractivity contribution in [2.75, 3.05) is 0 Å². The van der Waals surface area contributed by atoms with E-state index in [0.717, 1.165) is 12.8 Å². The van der Waals surface area contributed by atoms with Crippen molar-refractivity contribution in [1.29, 1.82) is 0 Å². The third-order valence-electron chi connectivity index (χ3n) is 2.27. The van der Waals surface area contributed by atoms with E-state index >= 15 is 0 Å². The van der Waals surface area contributed by atoms with E-state index in [4.69, 9.17) is 4.74 Å². The standard InChI is InChI=1S/C13H19FO/c1-10(2)12-7-5-4-6-8-13(9-12)15-11(3)14/h6-11H,4-5H2,1-3H3/b8-6+,12-7+,13-9+. The Morgan fingerprint density at radius 3 is 2.60 bits per heavy atom. The molecule has 1 unspecified atom stereocenters. The summed E-state index contributed by atoms with van der Waals surface area (Å²) >= 11 is 0. The van der Waals surface area contributed by atoms with E-state index in [0.29, 0.717) is 11.7 Å². The van der Waals surface area contributed by atoms with Crippen LogP contribution >= 0.6 is 0 Å². The van der Waals surface area contributed by atoms with E-state index in [1.54, 1.807) is 0 Å². The Balaban J connectivity index is 2.84. The van der Waals surface area contributed by atoms with Crippen molar-refractivity contribution in [1.82, 2.24) is 0 Å². The van der Waals surface area contributed by atoms with Crippen LogP contribution in [0.1, 0.15) is 33.6 Å². The van der Waals surface area contributed by atoms with Gasteiger partial charge in [-0.3, -0.25) is 0 Å². The van der Waals surface area contributed by atoms with E-state index in [9.17, 15) is 4.39 Å². The molecule has 2 heteroatoms. The van der Waals surface area contributed by atoms with Crippen LogP contribution in [0.25, 0.3) is 0 Å². The average Bonchev–Trinajstić information content (AvgIpc) is 2.07. The second-order valence-electron chi connectivity index (χ2n) is 4.05. The van der Waals surface area contributed by atoms with Crippen molar-refractivity contribution in [3.05, 3.63) is 35.6 Å². The summed E-state index contributed by atoms with van der Waals surface area (Å²) < 4.78 is 17.8. The van der Waals surface area contributed by atoms with Gasteiger partial charge in [-0.2, -0.15) is 0 Å². The highest BCUT2D eigenvalue weighted by atomic mass is 19.1. The summed E-state index contributed by atoms with van der Waals surface area (Å²) in [7, 11) is 0. The van der Waals surface area contributed by atoms with Gasteiger partial charge in [-0.25, -0.2) is 4.39 Å². The van der Waals surface area contributed by atoms with Gasteiger partial charge >= 0.3 is 0 Å². The molecule has 1 aliphatic carbocycles. The van der Waals surface area contributed by atoms with Crippen molar-refractivity contribution in [3.8, 4) is 0 Å². The van der Waals surface area contributed by atoms with Gasteiger partial charge < -0.3 is 4.74 Å². The summed E-state index contributed by atoms with van der Waals surface area (Å²) in [6.07, 6.45) is 8.76. The lowest BCUT2D eigenvalue weighted by Crippen LogP contribution is -2.02. The minimum atomic E-state index is -1.26. The number of ether oxygens (including phenoxy) is 1. The van der Waals surface area contributed by atoms with Crippen LogP contribution in [0, 0.1) is 5.92 Å². The molecule has 15 heavy (non-hydrogen) atoms. The monoisotopic (exact) mass is 210 g/mol. The molecule has 0 bridgehead atoms. The minimum Gasteiger partial charge on any atom is -0.461 e. The SMILES string of the molecule is CC(F)OC1=C/C(C(C)C)=C\CC\C=C\1. The fourth-order valence-corrected chi connectivity index (χ4v) is 1.48. The first-order valence-corrected chi connectivity index (χ1v) is 5.48. The quantitative estimate of drug-likeness (QED) is 0.680. The van der Waals surface area contributed by atoms with Crippen LogP contribution in [-0.2, 0) is 4.74 Å². The van der Waals surface area contributed by atoms with Gasteiger partial charge in [0.15, 0.2) is 0 Å². The maximum atomic E-state index is 12.7. The second-order valence-corrected chi connectivity index (χ2v) is 4.05. The largest absolute Gasteiger partial charge is 0.461 e. The Hall–Kier alpha value is -1.05. The van der Waals surface area contributed by atoms with Crippen LogP contribution in [0.5, 0.6) is 0 Å². The lowest BCUT2D eigenvalue weighted by Gasteiger charge is -2.13. The van der Waals surface area contributed by atoms with Crippen molar-refractivity contribution in [3.63, 3.8) is 0 Å². The van der Waals surface area contributed by atoms with Gasteiger partial charge in [-0.05, 0) is 36.5 Å². The summed E-state index contributed by atoms with van der Waals surface area (Å²) in [6.45, 7) is 5.65. The summed E-state index contributed by atoms with van der Waals surface area (Å²) in [6, 6.07) is 0. The predicted molar refractivity (Wildman–Crippen MR) is 61.0 cm³/mol. The fourth-order valence-electron chi connectivity index (χ4n) is 1.48. The molecule has 0 saturated heterocycles. The zero-order valence-electron chi connectivity index (χ0n) is 9.66. The Morgan fingerprint density at radius 2 is 2.00 bits per heavy atom. The average molecular weight is 210 g/mol. The zero-order valence-corrected chi connectivity index (χ0v) is 9.66. The molecule has 0 aromatic heterocycles. The van der Waals surface area contributed by atoms with Crippen LogP contribution in [-0.4, -0.2) is 6.36 Å². The predicted octanol–water partition coefficient (Wildman–Crippen LogP) is 4.13. The highest BCUT2D eigenvalue weighted by Gasteiger charge is 2.06. The van der Waals surface area contributed by atoms with Crippen molar-refractivity contribution in [2.24, 2.45) is 5.92 Å². The normalized spacial score (nSPS) is 28.1.